The molecule has 106 valence electrons. The summed E-state index contributed by atoms with van der Waals surface area (Å²) in [6, 6.07) is 0. The van der Waals surface area contributed by atoms with Gasteiger partial charge in [0.15, 0.2) is 0 Å². The molecule has 0 N–H and O–H groups in total. The van der Waals surface area contributed by atoms with Crippen LogP contribution in [0.15, 0.2) is 0 Å². The number of carbonyl (C=O) groups is 1. The molecule has 0 spiro atoms. The van der Waals surface area contributed by atoms with Crippen LogP contribution in [0, 0.1) is 29.1 Å². The molecule has 0 radical (unpaired) electrons. The maximum atomic E-state index is 13.0. The standard InChI is InChI=1S/C10H6F6O3/c1-2-18-10(17)9(16)19-8-6(14)4(12)3(11)5(13)7(8)15/h9H,2H2,1H3. The lowest BCUT2D eigenvalue weighted by molar-refractivity contribution is -0.160. The zero-order chi connectivity index (χ0) is 14.7. The van der Waals surface area contributed by atoms with Gasteiger partial charge in [-0.15, -0.1) is 0 Å². The zero-order valence-corrected chi connectivity index (χ0v) is 9.28. The van der Waals surface area contributed by atoms with E-state index in [1.807, 2.05) is 0 Å². The Balaban J connectivity index is 3.12. The molecule has 1 aromatic carbocycles. The van der Waals surface area contributed by atoms with Crippen LogP contribution in [0.4, 0.5) is 26.3 Å². The average Bonchev–Trinajstić information content (AvgIpc) is 2.39. The molecule has 1 rings (SSSR count). The molecule has 19 heavy (non-hydrogen) atoms. The lowest BCUT2D eigenvalue weighted by atomic mass is 10.2. The first-order chi connectivity index (χ1) is 8.81. The minimum Gasteiger partial charge on any atom is -0.461 e. The second-order valence-electron chi connectivity index (χ2n) is 3.08. The minimum absolute atomic E-state index is 0.264. The van der Waals surface area contributed by atoms with Crippen LogP contribution in [-0.2, 0) is 9.53 Å². The summed E-state index contributed by atoms with van der Waals surface area (Å²) in [5.74, 6) is -15.4. The van der Waals surface area contributed by atoms with Crippen molar-refractivity contribution in [1.29, 1.82) is 0 Å². The lowest BCUT2D eigenvalue weighted by Crippen LogP contribution is -2.26. The summed E-state index contributed by atoms with van der Waals surface area (Å²) >= 11 is 0. The molecule has 0 saturated carbocycles. The number of benzene rings is 1. The first-order valence-electron chi connectivity index (χ1n) is 4.80. The van der Waals surface area contributed by atoms with E-state index >= 15 is 0 Å². The van der Waals surface area contributed by atoms with Crippen molar-refractivity contribution < 1.29 is 40.6 Å². The molecular weight excluding hydrogens is 282 g/mol. The number of esters is 1. The third-order valence-corrected chi connectivity index (χ3v) is 1.86. The highest BCUT2D eigenvalue weighted by atomic mass is 19.2. The Hall–Kier alpha value is -1.93. The second kappa shape index (κ2) is 5.81. The zero-order valence-electron chi connectivity index (χ0n) is 9.28. The smallest absolute Gasteiger partial charge is 0.381 e. The molecule has 0 aliphatic rings. The summed E-state index contributed by atoms with van der Waals surface area (Å²) in [5.41, 5.74) is 0. The Morgan fingerprint density at radius 1 is 1.00 bits per heavy atom. The van der Waals surface area contributed by atoms with Crippen molar-refractivity contribution in [3.05, 3.63) is 29.1 Å². The highest BCUT2D eigenvalue weighted by Gasteiger charge is 2.31. The van der Waals surface area contributed by atoms with E-state index < -0.39 is 47.2 Å². The topological polar surface area (TPSA) is 35.5 Å². The summed E-state index contributed by atoms with van der Waals surface area (Å²) in [4.78, 5) is 10.8. The van der Waals surface area contributed by atoms with Crippen LogP contribution in [0.3, 0.4) is 0 Å². The monoisotopic (exact) mass is 288 g/mol. The number of rotatable bonds is 4. The van der Waals surface area contributed by atoms with Crippen molar-refractivity contribution >= 4 is 5.97 Å². The van der Waals surface area contributed by atoms with Crippen LogP contribution < -0.4 is 4.74 Å². The first kappa shape index (κ1) is 15.1. The van der Waals surface area contributed by atoms with E-state index in [9.17, 15) is 31.1 Å². The van der Waals surface area contributed by atoms with Crippen LogP contribution in [-0.4, -0.2) is 18.9 Å². The van der Waals surface area contributed by atoms with Gasteiger partial charge >= 0.3 is 12.3 Å². The van der Waals surface area contributed by atoms with Gasteiger partial charge in [0, 0.05) is 0 Å². The van der Waals surface area contributed by atoms with Crippen LogP contribution in [0.2, 0.25) is 0 Å². The van der Waals surface area contributed by atoms with E-state index in [2.05, 4.69) is 9.47 Å². The summed E-state index contributed by atoms with van der Waals surface area (Å²) in [6.07, 6.45) is -3.02. The number of hydrogen-bond acceptors (Lipinski definition) is 3. The Labute approximate surface area is 102 Å². The summed E-state index contributed by atoms with van der Waals surface area (Å²) < 4.78 is 85.1. The average molecular weight is 288 g/mol. The Bertz CT molecular complexity index is 476. The van der Waals surface area contributed by atoms with E-state index in [-0.39, 0.29) is 6.61 Å². The third kappa shape index (κ3) is 2.91. The number of alkyl halides is 1. The largest absolute Gasteiger partial charge is 0.461 e. The molecule has 0 aromatic heterocycles. The predicted molar refractivity (Wildman–Crippen MR) is 48.4 cm³/mol. The fourth-order valence-electron chi connectivity index (χ4n) is 1.05. The second-order valence-corrected chi connectivity index (χ2v) is 3.08. The molecule has 0 bridgehead atoms. The van der Waals surface area contributed by atoms with Gasteiger partial charge in [0.1, 0.15) is 0 Å². The summed E-state index contributed by atoms with van der Waals surface area (Å²) in [7, 11) is 0. The summed E-state index contributed by atoms with van der Waals surface area (Å²) in [6.45, 7) is 1.04. The van der Waals surface area contributed by atoms with Gasteiger partial charge < -0.3 is 9.47 Å². The van der Waals surface area contributed by atoms with E-state index in [1.54, 1.807) is 0 Å². The van der Waals surface area contributed by atoms with Crippen LogP contribution in [0.25, 0.3) is 0 Å². The van der Waals surface area contributed by atoms with Crippen molar-refractivity contribution in [2.75, 3.05) is 6.61 Å². The molecule has 9 heteroatoms. The fourth-order valence-corrected chi connectivity index (χ4v) is 1.05. The van der Waals surface area contributed by atoms with Gasteiger partial charge in [-0.3, -0.25) is 0 Å². The summed E-state index contributed by atoms with van der Waals surface area (Å²) in [5, 5.41) is 0. The minimum atomic E-state index is -3.02. The molecule has 0 aliphatic carbocycles. The number of ether oxygens (including phenoxy) is 2. The fraction of sp³-hybridized carbons (Fsp3) is 0.300. The molecule has 0 aliphatic heterocycles. The molecule has 3 nitrogen and oxygen atoms in total. The van der Waals surface area contributed by atoms with Crippen LogP contribution >= 0.6 is 0 Å². The lowest BCUT2D eigenvalue weighted by Gasteiger charge is -2.12. The van der Waals surface area contributed by atoms with Gasteiger partial charge in [-0.2, -0.15) is 13.2 Å². The predicted octanol–water partition coefficient (Wildman–Crippen LogP) is 2.62. The maximum absolute atomic E-state index is 13.0. The number of carbonyl (C=O) groups excluding carboxylic acids is 1. The van der Waals surface area contributed by atoms with Gasteiger partial charge in [0.2, 0.25) is 34.8 Å². The Morgan fingerprint density at radius 3 is 1.84 bits per heavy atom. The highest BCUT2D eigenvalue weighted by molar-refractivity contribution is 5.73. The van der Waals surface area contributed by atoms with Crippen molar-refractivity contribution in [2.45, 2.75) is 13.3 Å². The van der Waals surface area contributed by atoms with Gasteiger partial charge in [-0.25, -0.2) is 18.0 Å². The van der Waals surface area contributed by atoms with E-state index in [0.29, 0.717) is 0 Å². The Morgan fingerprint density at radius 2 is 1.42 bits per heavy atom. The first-order valence-corrected chi connectivity index (χ1v) is 4.80. The van der Waals surface area contributed by atoms with Crippen molar-refractivity contribution in [3.63, 3.8) is 0 Å². The highest BCUT2D eigenvalue weighted by Crippen LogP contribution is 2.30. The molecule has 1 unspecified atom stereocenters. The van der Waals surface area contributed by atoms with Crippen molar-refractivity contribution in [1.82, 2.24) is 0 Å². The van der Waals surface area contributed by atoms with E-state index in [4.69, 9.17) is 0 Å². The molecular formula is C10H6F6O3. The molecule has 1 aromatic rings. The molecule has 0 amide bonds. The van der Waals surface area contributed by atoms with Crippen molar-refractivity contribution in [2.24, 2.45) is 0 Å². The van der Waals surface area contributed by atoms with Gasteiger partial charge in [0.05, 0.1) is 6.61 Å². The maximum Gasteiger partial charge on any atom is 0.381 e. The Kier molecular flexibility index (Phi) is 4.62. The molecule has 0 heterocycles. The molecule has 0 saturated heterocycles. The SMILES string of the molecule is CCOC(=O)C(F)Oc1c(F)c(F)c(F)c(F)c1F. The third-order valence-electron chi connectivity index (χ3n) is 1.86. The quantitative estimate of drug-likeness (QED) is 0.370. The number of hydrogen-bond donors (Lipinski definition) is 0. The molecule has 1 atom stereocenters. The van der Waals surface area contributed by atoms with Crippen LogP contribution in [0.1, 0.15) is 6.92 Å². The van der Waals surface area contributed by atoms with E-state index in [1.165, 1.54) is 6.92 Å². The van der Waals surface area contributed by atoms with Gasteiger partial charge in [-0.1, -0.05) is 0 Å². The van der Waals surface area contributed by atoms with Crippen molar-refractivity contribution in [3.8, 4) is 5.75 Å². The number of halogens is 6. The van der Waals surface area contributed by atoms with E-state index in [0.717, 1.165) is 0 Å². The molecule has 0 fully saturated rings. The normalized spacial score (nSPS) is 12.2. The van der Waals surface area contributed by atoms with Gasteiger partial charge in [0.25, 0.3) is 0 Å². The van der Waals surface area contributed by atoms with Crippen LogP contribution in [0.5, 0.6) is 5.75 Å². The van der Waals surface area contributed by atoms with Gasteiger partial charge in [-0.05, 0) is 6.92 Å².